The van der Waals surface area contributed by atoms with Gasteiger partial charge in [-0.1, -0.05) is 0 Å². The monoisotopic (exact) mass is 227 g/mol. The Morgan fingerprint density at radius 2 is 2.12 bits per heavy atom. The lowest BCUT2D eigenvalue weighted by molar-refractivity contribution is -0.131. The predicted molar refractivity (Wildman–Crippen MR) is 60.2 cm³/mol. The van der Waals surface area contributed by atoms with E-state index in [0.717, 1.165) is 45.4 Å². The van der Waals surface area contributed by atoms with Gasteiger partial charge in [0.05, 0.1) is 25.7 Å². The van der Waals surface area contributed by atoms with E-state index < -0.39 is 0 Å². The van der Waals surface area contributed by atoms with Gasteiger partial charge >= 0.3 is 0 Å². The molecule has 1 atom stereocenters. The van der Waals surface area contributed by atoms with Crippen molar-refractivity contribution < 1.29 is 14.3 Å². The predicted octanol–water partition coefficient (Wildman–Crippen LogP) is 1.19. The van der Waals surface area contributed by atoms with Gasteiger partial charge < -0.3 is 14.4 Å². The van der Waals surface area contributed by atoms with Crippen LogP contribution in [0.5, 0.6) is 0 Å². The maximum absolute atomic E-state index is 11.7. The molecule has 0 saturated carbocycles. The van der Waals surface area contributed by atoms with Gasteiger partial charge in [0, 0.05) is 19.7 Å². The molecular formula is C12H21NO3. The average Bonchev–Trinajstić information content (AvgIpc) is 2.96. The van der Waals surface area contributed by atoms with Crippen LogP contribution < -0.4 is 0 Å². The van der Waals surface area contributed by atoms with Crippen molar-refractivity contribution in [3.8, 4) is 0 Å². The van der Waals surface area contributed by atoms with Crippen LogP contribution in [0.4, 0.5) is 0 Å². The third-order valence-electron chi connectivity index (χ3n) is 3.25. The molecule has 16 heavy (non-hydrogen) atoms. The Bertz CT molecular complexity index is 220. The zero-order valence-electron chi connectivity index (χ0n) is 9.82. The third kappa shape index (κ3) is 3.46. The van der Waals surface area contributed by atoms with E-state index in [9.17, 15) is 4.79 Å². The molecule has 0 bridgehead atoms. The van der Waals surface area contributed by atoms with Crippen molar-refractivity contribution in [1.29, 1.82) is 0 Å². The van der Waals surface area contributed by atoms with Gasteiger partial charge in [-0.05, 0) is 25.7 Å². The number of carbonyl (C=O) groups excluding carboxylic acids is 1. The van der Waals surface area contributed by atoms with Crippen molar-refractivity contribution in [1.82, 2.24) is 4.90 Å². The van der Waals surface area contributed by atoms with E-state index in [1.165, 1.54) is 0 Å². The van der Waals surface area contributed by atoms with Crippen LogP contribution in [0, 0.1) is 0 Å². The number of rotatable bonds is 5. The Balaban J connectivity index is 1.51. The number of ether oxygens (including phenoxy) is 2. The summed E-state index contributed by atoms with van der Waals surface area (Å²) in [5.74, 6) is 0.241. The fraction of sp³-hybridized carbons (Fsp3) is 0.917. The van der Waals surface area contributed by atoms with Crippen LogP contribution in [0.25, 0.3) is 0 Å². The van der Waals surface area contributed by atoms with Crippen LogP contribution in [0.2, 0.25) is 0 Å². The van der Waals surface area contributed by atoms with Gasteiger partial charge in [0.1, 0.15) is 0 Å². The van der Waals surface area contributed by atoms with Gasteiger partial charge in [0.25, 0.3) is 0 Å². The van der Waals surface area contributed by atoms with E-state index in [4.69, 9.17) is 9.47 Å². The van der Waals surface area contributed by atoms with Crippen LogP contribution in [0.3, 0.4) is 0 Å². The topological polar surface area (TPSA) is 38.8 Å². The highest BCUT2D eigenvalue weighted by atomic mass is 16.5. The lowest BCUT2D eigenvalue weighted by Gasteiger charge is -2.15. The molecule has 0 radical (unpaired) electrons. The second kappa shape index (κ2) is 6.21. The molecule has 2 aliphatic heterocycles. The summed E-state index contributed by atoms with van der Waals surface area (Å²) in [4.78, 5) is 13.6. The van der Waals surface area contributed by atoms with Gasteiger partial charge in [-0.15, -0.1) is 0 Å². The summed E-state index contributed by atoms with van der Waals surface area (Å²) in [5, 5.41) is 0. The lowest BCUT2D eigenvalue weighted by atomic mass is 10.2. The summed E-state index contributed by atoms with van der Waals surface area (Å²) in [6.07, 6.45) is 5.33. The van der Waals surface area contributed by atoms with E-state index in [1.807, 2.05) is 4.90 Å². The summed E-state index contributed by atoms with van der Waals surface area (Å²) in [5.41, 5.74) is 0. The molecule has 92 valence electrons. The number of hydrogen-bond acceptors (Lipinski definition) is 3. The van der Waals surface area contributed by atoms with Crippen LogP contribution in [-0.4, -0.2) is 49.8 Å². The quantitative estimate of drug-likeness (QED) is 0.662. The molecule has 2 rings (SSSR count). The SMILES string of the molecule is O=C(CCOCC1CCCO1)N1CCCC1. The van der Waals surface area contributed by atoms with E-state index >= 15 is 0 Å². The van der Waals surface area contributed by atoms with Crippen molar-refractivity contribution in [2.45, 2.75) is 38.2 Å². The fourth-order valence-electron chi connectivity index (χ4n) is 2.27. The zero-order valence-corrected chi connectivity index (χ0v) is 9.82. The van der Waals surface area contributed by atoms with Crippen LogP contribution in [0.1, 0.15) is 32.1 Å². The first kappa shape index (κ1) is 11.9. The Labute approximate surface area is 96.9 Å². The van der Waals surface area contributed by atoms with E-state index in [2.05, 4.69) is 0 Å². The minimum absolute atomic E-state index is 0.241. The zero-order chi connectivity index (χ0) is 11.2. The molecule has 2 saturated heterocycles. The Kier molecular flexibility index (Phi) is 4.60. The Morgan fingerprint density at radius 3 is 2.81 bits per heavy atom. The van der Waals surface area contributed by atoms with Crippen molar-refractivity contribution in [3.05, 3.63) is 0 Å². The third-order valence-corrected chi connectivity index (χ3v) is 3.25. The number of amides is 1. The molecule has 2 aliphatic rings. The lowest BCUT2D eigenvalue weighted by Crippen LogP contribution is -2.28. The average molecular weight is 227 g/mol. The first-order chi connectivity index (χ1) is 7.86. The highest BCUT2D eigenvalue weighted by Gasteiger charge is 2.18. The van der Waals surface area contributed by atoms with Crippen molar-refractivity contribution in [2.75, 3.05) is 32.9 Å². The van der Waals surface area contributed by atoms with Gasteiger partial charge in [-0.25, -0.2) is 0 Å². The first-order valence-electron chi connectivity index (χ1n) is 6.33. The molecule has 0 aromatic heterocycles. The number of hydrogen-bond donors (Lipinski definition) is 0. The molecular weight excluding hydrogens is 206 g/mol. The van der Waals surface area contributed by atoms with Gasteiger partial charge in [0.2, 0.25) is 5.91 Å². The number of likely N-dealkylation sites (tertiary alicyclic amines) is 1. The van der Waals surface area contributed by atoms with Crippen molar-refractivity contribution in [2.24, 2.45) is 0 Å². The molecule has 1 unspecified atom stereocenters. The van der Waals surface area contributed by atoms with Gasteiger partial charge in [-0.3, -0.25) is 4.79 Å². The molecule has 0 spiro atoms. The molecule has 0 N–H and O–H groups in total. The number of carbonyl (C=O) groups is 1. The summed E-state index contributed by atoms with van der Waals surface area (Å²) >= 11 is 0. The van der Waals surface area contributed by atoms with Crippen LogP contribution in [0.15, 0.2) is 0 Å². The van der Waals surface area contributed by atoms with Crippen molar-refractivity contribution in [3.63, 3.8) is 0 Å². The second-order valence-corrected chi connectivity index (χ2v) is 4.55. The van der Waals surface area contributed by atoms with Gasteiger partial charge in [-0.2, -0.15) is 0 Å². The molecule has 0 aromatic rings. The summed E-state index contributed by atoms with van der Waals surface area (Å²) in [6, 6.07) is 0. The molecule has 4 heteroatoms. The standard InChI is InChI=1S/C12H21NO3/c14-12(13-6-1-2-7-13)5-9-15-10-11-4-3-8-16-11/h11H,1-10H2. The highest BCUT2D eigenvalue weighted by molar-refractivity contribution is 5.76. The second-order valence-electron chi connectivity index (χ2n) is 4.55. The molecule has 0 aromatic carbocycles. The van der Waals surface area contributed by atoms with E-state index in [-0.39, 0.29) is 12.0 Å². The van der Waals surface area contributed by atoms with E-state index in [1.54, 1.807) is 0 Å². The maximum Gasteiger partial charge on any atom is 0.224 e. The normalized spacial score (nSPS) is 25.2. The minimum atomic E-state index is 0.241. The van der Waals surface area contributed by atoms with Crippen LogP contribution in [-0.2, 0) is 14.3 Å². The highest BCUT2D eigenvalue weighted by Crippen LogP contribution is 2.12. The first-order valence-corrected chi connectivity index (χ1v) is 6.33. The molecule has 1 amide bonds. The van der Waals surface area contributed by atoms with E-state index in [0.29, 0.717) is 19.6 Å². The Hall–Kier alpha value is -0.610. The Morgan fingerprint density at radius 1 is 1.31 bits per heavy atom. The molecule has 2 fully saturated rings. The van der Waals surface area contributed by atoms with Crippen molar-refractivity contribution >= 4 is 5.91 Å². The summed E-state index contributed by atoms with van der Waals surface area (Å²) in [7, 11) is 0. The number of nitrogens with zero attached hydrogens (tertiary/aromatic N) is 1. The smallest absolute Gasteiger partial charge is 0.224 e. The summed E-state index contributed by atoms with van der Waals surface area (Å²) in [6.45, 7) is 3.92. The molecule has 0 aliphatic carbocycles. The maximum atomic E-state index is 11.7. The largest absolute Gasteiger partial charge is 0.378 e. The molecule has 2 heterocycles. The van der Waals surface area contributed by atoms with Gasteiger partial charge in [0.15, 0.2) is 0 Å². The fourth-order valence-corrected chi connectivity index (χ4v) is 2.27. The van der Waals surface area contributed by atoms with Crippen LogP contribution >= 0.6 is 0 Å². The minimum Gasteiger partial charge on any atom is -0.378 e. The molecule has 4 nitrogen and oxygen atoms in total. The summed E-state index contributed by atoms with van der Waals surface area (Å²) < 4.78 is 10.9.